The van der Waals surface area contributed by atoms with E-state index < -0.39 is 32.5 Å². The molecule has 0 heterocycles. The molecule has 0 bridgehead atoms. The Bertz CT molecular complexity index is 1610. The molecule has 0 spiro atoms. The molecule has 2 atom stereocenters. The van der Waals surface area contributed by atoms with E-state index in [1.807, 2.05) is 21.1 Å². The topological polar surface area (TPSA) is 111 Å². The number of carbonyl (C=O) groups is 2. The number of allylic oxidation sites excluding steroid dienone is 22. The second-order valence-electron chi connectivity index (χ2n) is 17.8. The van der Waals surface area contributed by atoms with Crippen molar-refractivity contribution in [2.24, 2.45) is 0 Å². The highest BCUT2D eigenvalue weighted by molar-refractivity contribution is 7.45. The van der Waals surface area contributed by atoms with E-state index in [1.54, 1.807) is 0 Å². The van der Waals surface area contributed by atoms with E-state index in [4.69, 9.17) is 18.5 Å². The zero-order valence-electron chi connectivity index (χ0n) is 43.2. The summed E-state index contributed by atoms with van der Waals surface area (Å²) in [7, 11) is 1.11. The zero-order valence-corrected chi connectivity index (χ0v) is 44.1. The first-order chi connectivity index (χ1) is 33.0. The molecule has 0 aromatic rings. The van der Waals surface area contributed by atoms with Gasteiger partial charge in [0.1, 0.15) is 19.8 Å². The van der Waals surface area contributed by atoms with Crippen molar-refractivity contribution >= 4 is 19.8 Å². The molecule has 384 valence electrons. The van der Waals surface area contributed by atoms with Crippen LogP contribution in [0.3, 0.4) is 0 Å². The minimum absolute atomic E-state index is 0.0483. The van der Waals surface area contributed by atoms with Crippen molar-refractivity contribution in [2.75, 3.05) is 47.5 Å². The van der Waals surface area contributed by atoms with Gasteiger partial charge in [-0.3, -0.25) is 14.2 Å². The highest BCUT2D eigenvalue weighted by Gasteiger charge is 2.21. The van der Waals surface area contributed by atoms with Crippen LogP contribution in [0.25, 0.3) is 0 Å². The Labute approximate surface area is 415 Å². The van der Waals surface area contributed by atoms with E-state index in [0.29, 0.717) is 23.9 Å². The van der Waals surface area contributed by atoms with Crippen molar-refractivity contribution in [1.82, 2.24) is 0 Å². The van der Waals surface area contributed by atoms with Crippen LogP contribution < -0.4 is 4.89 Å². The minimum atomic E-state index is -4.66. The average molecular weight is 964 g/mol. The van der Waals surface area contributed by atoms with Crippen LogP contribution in [0, 0.1) is 0 Å². The molecule has 0 saturated heterocycles. The number of likely N-dealkylation sites (N-methyl/N-ethyl adjacent to an activating group) is 1. The highest BCUT2D eigenvalue weighted by Crippen LogP contribution is 2.38. The maximum absolute atomic E-state index is 12.8. The maximum Gasteiger partial charge on any atom is 0.306 e. The van der Waals surface area contributed by atoms with Gasteiger partial charge in [-0.2, -0.15) is 0 Å². The fourth-order valence-corrected chi connectivity index (χ4v) is 6.94. The number of rotatable bonds is 45. The molecule has 0 N–H and O–H groups in total. The smallest absolute Gasteiger partial charge is 0.306 e. The number of hydrogen-bond acceptors (Lipinski definition) is 8. The molecule has 0 radical (unpaired) electrons. The monoisotopic (exact) mass is 964 g/mol. The lowest BCUT2D eigenvalue weighted by Gasteiger charge is -2.28. The van der Waals surface area contributed by atoms with E-state index in [9.17, 15) is 19.0 Å². The second-order valence-corrected chi connectivity index (χ2v) is 19.2. The van der Waals surface area contributed by atoms with Crippen molar-refractivity contribution in [1.29, 1.82) is 0 Å². The fourth-order valence-electron chi connectivity index (χ4n) is 6.21. The summed E-state index contributed by atoms with van der Waals surface area (Å²) in [5.74, 6) is -0.903. The van der Waals surface area contributed by atoms with Gasteiger partial charge in [-0.1, -0.05) is 180 Å². The van der Waals surface area contributed by atoms with Crippen LogP contribution in [-0.2, 0) is 32.7 Å². The Morgan fingerprint density at radius 3 is 1.19 bits per heavy atom. The molecule has 68 heavy (non-hydrogen) atoms. The third-order valence-electron chi connectivity index (χ3n) is 10.2. The van der Waals surface area contributed by atoms with Crippen molar-refractivity contribution in [3.63, 3.8) is 0 Å². The SMILES string of the molecule is CC/C=C\C/C=C\C/C=C\C/C=C\C/C=C\C/C=C\CCCCCCCCC(=O)OC(COC(=O)CCCCC/C=C\C/C=C\C/C=C\C/C=C\C/C=C\CC)COP(=O)([O-])OCC[N+](C)(C)C. The standard InChI is InChI=1S/C58H94NO8P/c1-6-8-10-12-14-16-18-20-22-24-26-27-28-29-30-31-33-35-37-39-41-43-45-47-49-51-58(61)67-56(55-66-68(62,63)65-53-52-59(3,4)5)54-64-57(60)50-48-46-44-42-40-38-36-34-32-25-23-21-19-17-15-13-11-9-7-2/h8-11,14-17,20-23,26-27,29-30,32-35,38,40,56H,6-7,12-13,18-19,24-25,28,31,36-37,39,41-55H2,1-5H3/b10-8-,11-9-,16-14-,17-15-,22-20-,23-21-,27-26-,30-29-,34-32-,35-33-,40-38-. The lowest BCUT2D eigenvalue weighted by molar-refractivity contribution is -0.870. The molecule has 0 aromatic heterocycles. The predicted octanol–water partition coefficient (Wildman–Crippen LogP) is 15.2. The number of esters is 2. The molecule has 0 saturated carbocycles. The Morgan fingerprint density at radius 2 is 0.794 bits per heavy atom. The van der Waals surface area contributed by atoms with Crippen molar-refractivity contribution in [2.45, 2.75) is 174 Å². The van der Waals surface area contributed by atoms with Crippen LogP contribution in [0.2, 0.25) is 0 Å². The molecule has 2 unspecified atom stereocenters. The summed E-state index contributed by atoms with van der Waals surface area (Å²) in [6, 6.07) is 0. The van der Waals surface area contributed by atoms with Gasteiger partial charge in [0.15, 0.2) is 6.10 Å². The van der Waals surface area contributed by atoms with Crippen molar-refractivity contribution in [3.05, 3.63) is 134 Å². The molecule has 9 nitrogen and oxygen atoms in total. The van der Waals surface area contributed by atoms with Gasteiger partial charge < -0.3 is 27.9 Å². The van der Waals surface area contributed by atoms with Gasteiger partial charge in [0.25, 0.3) is 7.82 Å². The lowest BCUT2D eigenvalue weighted by atomic mass is 10.1. The Kier molecular flexibility index (Phi) is 45.5. The number of hydrogen-bond donors (Lipinski definition) is 0. The quantitative estimate of drug-likeness (QED) is 0.0195. The van der Waals surface area contributed by atoms with E-state index in [2.05, 4.69) is 148 Å². The van der Waals surface area contributed by atoms with E-state index in [-0.39, 0.29) is 26.1 Å². The number of nitrogens with zero attached hydrogens (tertiary/aromatic N) is 1. The van der Waals surface area contributed by atoms with Gasteiger partial charge >= 0.3 is 11.9 Å². The van der Waals surface area contributed by atoms with Gasteiger partial charge in [-0.15, -0.1) is 0 Å². The summed E-state index contributed by atoms with van der Waals surface area (Å²) in [6.07, 6.45) is 69.1. The van der Waals surface area contributed by atoms with Crippen molar-refractivity contribution < 1.29 is 42.1 Å². The first-order valence-corrected chi connectivity index (χ1v) is 27.4. The first-order valence-electron chi connectivity index (χ1n) is 25.9. The second kappa shape index (κ2) is 48.2. The molecule has 0 aliphatic rings. The molecule has 0 rings (SSSR count). The molecular weight excluding hydrogens is 870 g/mol. The Balaban J connectivity index is 4.38. The fraction of sp³-hybridized carbons (Fsp3) is 0.586. The van der Waals surface area contributed by atoms with Crippen LogP contribution in [0.1, 0.15) is 168 Å². The normalized spacial score (nSPS) is 14.5. The van der Waals surface area contributed by atoms with Crippen LogP contribution >= 0.6 is 7.82 Å². The summed E-state index contributed by atoms with van der Waals surface area (Å²) < 4.78 is 34.0. The highest BCUT2D eigenvalue weighted by atomic mass is 31.2. The van der Waals surface area contributed by atoms with Crippen LogP contribution in [0.5, 0.6) is 0 Å². The molecular formula is C58H94NO8P. The first kappa shape index (κ1) is 64.2. The molecule has 0 aliphatic carbocycles. The number of phosphoric acid groups is 1. The molecule has 0 amide bonds. The van der Waals surface area contributed by atoms with E-state index >= 15 is 0 Å². The van der Waals surface area contributed by atoms with Gasteiger partial charge in [0.2, 0.25) is 0 Å². The number of unbranched alkanes of at least 4 members (excludes halogenated alkanes) is 9. The lowest BCUT2D eigenvalue weighted by Crippen LogP contribution is -2.37. The number of ether oxygens (including phenoxy) is 2. The Hall–Kier alpha value is -3.85. The van der Waals surface area contributed by atoms with Gasteiger partial charge in [0.05, 0.1) is 27.7 Å². The zero-order chi connectivity index (χ0) is 49.9. The van der Waals surface area contributed by atoms with Crippen LogP contribution in [-0.4, -0.2) is 70.0 Å². The predicted molar refractivity (Wildman–Crippen MR) is 286 cm³/mol. The average Bonchev–Trinajstić information content (AvgIpc) is 3.30. The molecule has 0 aliphatic heterocycles. The summed E-state index contributed by atoms with van der Waals surface area (Å²) >= 11 is 0. The van der Waals surface area contributed by atoms with Gasteiger partial charge in [-0.05, 0) is 109 Å². The van der Waals surface area contributed by atoms with Gasteiger partial charge in [-0.25, -0.2) is 0 Å². The number of quaternary nitrogens is 1. The molecule has 0 fully saturated rings. The third kappa shape index (κ3) is 51.5. The maximum atomic E-state index is 12.8. The number of phosphoric ester groups is 1. The van der Waals surface area contributed by atoms with Crippen molar-refractivity contribution in [3.8, 4) is 0 Å². The summed E-state index contributed by atoms with van der Waals surface area (Å²) in [5, 5.41) is 0. The number of carbonyl (C=O) groups excluding carboxylic acids is 2. The van der Waals surface area contributed by atoms with Crippen LogP contribution in [0.4, 0.5) is 0 Å². The van der Waals surface area contributed by atoms with Gasteiger partial charge in [0, 0.05) is 12.8 Å². The largest absolute Gasteiger partial charge is 0.756 e. The third-order valence-corrected chi connectivity index (χ3v) is 11.1. The molecule has 10 heteroatoms. The minimum Gasteiger partial charge on any atom is -0.756 e. The van der Waals surface area contributed by atoms with Crippen LogP contribution in [0.15, 0.2) is 134 Å². The summed E-state index contributed by atoms with van der Waals surface area (Å²) in [5.41, 5.74) is 0. The van der Waals surface area contributed by atoms with E-state index in [1.165, 1.54) is 0 Å². The molecule has 0 aromatic carbocycles. The Morgan fingerprint density at radius 1 is 0.456 bits per heavy atom. The summed E-state index contributed by atoms with van der Waals surface area (Å²) in [4.78, 5) is 37.8. The summed E-state index contributed by atoms with van der Waals surface area (Å²) in [6.45, 7) is 3.92. The van der Waals surface area contributed by atoms with E-state index in [0.717, 1.165) is 128 Å².